The molecule has 0 atom stereocenters. The molecular weight excluding hydrogens is 257 g/mol. The first-order chi connectivity index (χ1) is 9.68. The van der Waals surface area contributed by atoms with Gasteiger partial charge in [0, 0.05) is 18.5 Å². The molecule has 2 aromatic rings. The summed E-state index contributed by atoms with van der Waals surface area (Å²) in [4.78, 5) is 8.11. The summed E-state index contributed by atoms with van der Waals surface area (Å²) in [6, 6.07) is 4.86. The Morgan fingerprint density at radius 1 is 1.25 bits per heavy atom. The van der Waals surface area contributed by atoms with Gasteiger partial charge < -0.3 is 10.1 Å². The molecule has 0 aliphatic heterocycles. The Morgan fingerprint density at radius 2 is 2.10 bits per heavy atom. The van der Waals surface area contributed by atoms with E-state index in [2.05, 4.69) is 29.1 Å². The monoisotopic (exact) mass is 277 g/mol. The van der Waals surface area contributed by atoms with Crippen LogP contribution in [-0.4, -0.2) is 29.7 Å². The number of fused-ring (bicyclic) bond motifs is 1. The summed E-state index contributed by atoms with van der Waals surface area (Å²) in [5, 5.41) is 3.85. The van der Waals surface area contributed by atoms with Crippen molar-refractivity contribution < 1.29 is 9.13 Å². The highest BCUT2D eigenvalue weighted by Gasteiger charge is 2.06. The Labute approximate surface area is 118 Å². The van der Waals surface area contributed by atoms with Crippen molar-refractivity contribution in [1.82, 2.24) is 9.97 Å². The molecule has 0 radical (unpaired) electrons. The molecule has 1 aromatic heterocycles. The molecule has 0 spiro atoms. The summed E-state index contributed by atoms with van der Waals surface area (Å²) in [5.74, 6) is 0.958. The minimum atomic E-state index is -0.332. The van der Waals surface area contributed by atoms with Gasteiger partial charge in [0.25, 0.3) is 0 Å². The first-order valence-electron chi connectivity index (χ1n) is 6.89. The highest BCUT2D eigenvalue weighted by molar-refractivity contribution is 5.89. The smallest absolute Gasteiger partial charge is 0.149 e. The van der Waals surface area contributed by atoms with Crippen LogP contribution in [0.25, 0.3) is 10.9 Å². The number of nitrogens with one attached hydrogen (secondary N) is 1. The van der Waals surface area contributed by atoms with Crippen molar-refractivity contribution in [3.63, 3.8) is 0 Å². The molecule has 5 heteroatoms. The zero-order valence-corrected chi connectivity index (χ0v) is 11.9. The Balaban J connectivity index is 1.89. The molecular formula is C15H20FN3O. The maximum Gasteiger partial charge on any atom is 0.149 e. The van der Waals surface area contributed by atoms with Crippen LogP contribution in [0.4, 0.5) is 10.2 Å². The maximum atomic E-state index is 13.6. The molecule has 0 amide bonds. The van der Waals surface area contributed by atoms with E-state index in [1.165, 1.54) is 12.4 Å². The molecule has 4 nitrogen and oxygen atoms in total. The second-order valence-electron chi connectivity index (χ2n) is 5.08. The molecule has 1 aromatic carbocycles. The molecule has 0 unspecified atom stereocenters. The lowest BCUT2D eigenvalue weighted by atomic mass is 10.1. The van der Waals surface area contributed by atoms with Gasteiger partial charge in [-0.2, -0.15) is 0 Å². The van der Waals surface area contributed by atoms with E-state index < -0.39 is 0 Å². The summed E-state index contributed by atoms with van der Waals surface area (Å²) in [7, 11) is 0. The standard InChI is InChI=1S/C15H20FN3O/c1-11(2)6-8-20-9-7-17-15-12-4-3-5-13(16)14(12)18-10-19-15/h3-5,10-11H,6-9H2,1-2H3,(H,17,18,19). The van der Waals surface area contributed by atoms with Crippen LogP contribution in [0.1, 0.15) is 20.3 Å². The molecule has 0 aliphatic carbocycles. The third-order valence-corrected chi connectivity index (χ3v) is 2.99. The van der Waals surface area contributed by atoms with E-state index in [-0.39, 0.29) is 5.82 Å². The van der Waals surface area contributed by atoms with Crippen molar-refractivity contribution >= 4 is 16.7 Å². The SMILES string of the molecule is CC(C)CCOCCNc1ncnc2c(F)cccc12. The number of hydrogen-bond acceptors (Lipinski definition) is 4. The second-order valence-corrected chi connectivity index (χ2v) is 5.08. The highest BCUT2D eigenvalue weighted by Crippen LogP contribution is 2.20. The fourth-order valence-electron chi connectivity index (χ4n) is 1.86. The highest BCUT2D eigenvalue weighted by atomic mass is 19.1. The van der Waals surface area contributed by atoms with Gasteiger partial charge in [-0.15, -0.1) is 0 Å². The normalized spacial score (nSPS) is 11.2. The van der Waals surface area contributed by atoms with Crippen molar-refractivity contribution in [2.45, 2.75) is 20.3 Å². The summed E-state index contributed by atoms with van der Waals surface area (Å²) < 4.78 is 19.1. The molecule has 0 saturated carbocycles. The lowest BCUT2D eigenvalue weighted by molar-refractivity contribution is 0.132. The molecule has 2 rings (SSSR count). The van der Waals surface area contributed by atoms with Gasteiger partial charge in [0.1, 0.15) is 23.5 Å². The Kier molecular flexibility index (Phi) is 5.24. The minimum absolute atomic E-state index is 0.332. The van der Waals surface area contributed by atoms with E-state index in [1.54, 1.807) is 12.1 Å². The van der Waals surface area contributed by atoms with Crippen molar-refractivity contribution in [3.8, 4) is 0 Å². The van der Waals surface area contributed by atoms with Crippen LogP contribution >= 0.6 is 0 Å². The molecule has 0 aliphatic rings. The molecule has 108 valence electrons. The van der Waals surface area contributed by atoms with Gasteiger partial charge in [0.2, 0.25) is 0 Å². The fourth-order valence-corrected chi connectivity index (χ4v) is 1.86. The van der Waals surface area contributed by atoms with E-state index >= 15 is 0 Å². The number of hydrogen-bond donors (Lipinski definition) is 1. The lowest BCUT2D eigenvalue weighted by Gasteiger charge is -2.09. The summed E-state index contributed by atoms with van der Waals surface area (Å²) in [6.45, 7) is 6.35. The molecule has 0 saturated heterocycles. The van der Waals surface area contributed by atoms with Crippen molar-refractivity contribution in [2.75, 3.05) is 25.1 Å². The number of benzene rings is 1. The number of para-hydroxylation sites is 1. The van der Waals surface area contributed by atoms with E-state index in [9.17, 15) is 4.39 Å². The molecule has 20 heavy (non-hydrogen) atoms. The van der Waals surface area contributed by atoms with Crippen LogP contribution in [0.15, 0.2) is 24.5 Å². The second kappa shape index (κ2) is 7.14. The maximum absolute atomic E-state index is 13.6. The summed E-state index contributed by atoms with van der Waals surface area (Å²) >= 11 is 0. The third-order valence-electron chi connectivity index (χ3n) is 2.99. The van der Waals surface area contributed by atoms with E-state index in [4.69, 9.17) is 4.74 Å². The van der Waals surface area contributed by atoms with Gasteiger partial charge in [-0.25, -0.2) is 14.4 Å². The zero-order valence-electron chi connectivity index (χ0n) is 11.9. The number of anilines is 1. The average molecular weight is 277 g/mol. The van der Waals surface area contributed by atoms with Gasteiger partial charge in [0.05, 0.1) is 6.61 Å². The van der Waals surface area contributed by atoms with Gasteiger partial charge in [0.15, 0.2) is 0 Å². The topological polar surface area (TPSA) is 47.0 Å². The predicted octanol–water partition coefficient (Wildman–Crippen LogP) is 3.24. The van der Waals surface area contributed by atoms with Crippen molar-refractivity contribution in [2.24, 2.45) is 5.92 Å². The fraction of sp³-hybridized carbons (Fsp3) is 0.467. The van der Waals surface area contributed by atoms with Crippen LogP contribution in [-0.2, 0) is 4.74 Å². The van der Waals surface area contributed by atoms with E-state index in [0.29, 0.717) is 35.8 Å². The van der Waals surface area contributed by atoms with Crippen molar-refractivity contribution in [3.05, 3.63) is 30.3 Å². The summed E-state index contributed by atoms with van der Waals surface area (Å²) in [6.07, 6.45) is 2.43. The van der Waals surface area contributed by atoms with E-state index in [0.717, 1.165) is 13.0 Å². The van der Waals surface area contributed by atoms with Gasteiger partial charge in [-0.3, -0.25) is 0 Å². The number of ether oxygens (including phenoxy) is 1. The predicted molar refractivity (Wildman–Crippen MR) is 78.3 cm³/mol. The minimum Gasteiger partial charge on any atom is -0.380 e. The first kappa shape index (κ1) is 14.7. The van der Waals surface area contributed by atoms with Crippen LogP contribution in [0.3, 0.4) is 0 Å². The zero-order chi connectivity index (χ0) is 14.4. The van der Waals surface area contributed by atoms with Crippen LogP contribution < -0.4 is 5.32 Å². The van der Waals surface area contributed by atoms with E-state index in [1.807, 2.05) is 0 Å². The average Bonchev–Trinajstić information content (AvgIpc) is 2.43. The summed E-state index contributed by atoms with van der Waals surface area (Å²) in [5.41, 5.74) is 0.339. The first-order valence-corrected chi connectivity index (χ1v) is 6.89. The molecule has 0 bridgehead atoms. The largest absolute Gasteiger partial charge is 0.380 e. The molecule has 1 heterocycles. The Hall–Kier alpha value is -1.75. The Morgan fingerprint density at radius 3 is 2.90 bits per heavy atom. The lowest BCUT2D eigenvalue weighted by Crippen LogP contribution is -2.12. The van der Waals surface area contributed by atoms with Crippen LogP contribution in [0.2, 0.25) is 0 Å². The third kappa shape index (κ3) is 3.87. The number of nitrogens with zero attached hydrogens (tertiary/aromatic N) is 2. The van der Waals surface area contributed by atoms with Crippen molar-refractivity contribution in [1.29, 1.82) is 0 Å². The van der Waals surface area contributed by atoms with Crippen LogP contribution in [0, 0.1) is 11.7 Å². The van der Waals surface area contributed by atoms with Gasteiger partial charge in [-0.05, 0) is 24.5 Å². The quantitative estimate of drug-likeness (QED) is 0.789. The molecule has 0 fully saturated rings. The number of halogens is 1. The van der Waals surface area contributed by atoms with Gasteiger partial charge in [-0.1, -0.05) is 19.9 Å². The Bertz CT molecular complexity index is 560. The van der Waals surface area contributed by atoms with Gasteiger partial charge >= 0.3 is 0 Å². The van der Waals surface area contributed by atoms with Crippen LogP contribution in [0.5, 0.6) is 0 Å². The number of rotatable bonds is 7. The number of aromatic nitrogens is 2. The molecule has 1 N–H and O–H groups in total.